The molecule has 19 heavy (non-hydrogen) atoms. The van der Waals surface area contributed by atoms with Gasteiger partial charge in [0.25, 0.3) is 0 Å². The fourth-order valence-electron chi connectivity index (χ4n) is 0.948. The van der Waals surface area contributed by atoms with E-state index in [1.807, 2.05) is 20.8 Å². The molecule has 0 rings (SSSR count). The van der Waals surface area contributed by atoms with Crippen molar-refractivity contribution in [1.82, 2.24) is 9.84 Å². The minimum Gasteiger partial charge on any atom is -0.596 e. The van der Waals surface area contributed by atoms with E-state index < -0.39 is 16.1 Å². The van der Waals surface area contributed by atoms with E-state index in [1.165, 1.54) is 18.0 Å². The van der Waals surface area contributed by atoms with Gasteiger partial charge in [-0.15, -0.1) is 0 Å². The SMILES string of the molecule is C=C/C(Cl)=C\C(=C)CN(N[S+]([O-])C(C)(C)C)C(C)=O. The maximum Gasteiger partial charge on any atom is 0.237 e. The molecule has 0 heterocycles. The van der Waals surface area contributed by atoms with Gasteiger partial charge in [-0.05, 0) is 37.3 Å². The highest BCUT2D eigenvalue weighted by Gasteiger charge is 2.29. The molecule has 4 nitrogen and oxygen atoms in total. The smallest absolute Gasteiger partial charge is 0.237 e. The maximum absolute atomic E-state index is 12.0. The van der Waals surface area contributed by atoms with Crippen molar-refractivity contribution < 1.29 is 9.35 Å². The topological polar surface area (TPSA) is 55.4 Å². The van der Waals surface area contributed by atoms with Crippen LogP contribution in [0.25, 0.3) is 0 Å². The van der Waals surface area contributed by atoms with Gasteiger partial charge < -0.3 is 4.55 Å². The maximum atomic E-state index is 12.0. The number of nitrogens with one attached hydrogen (secondary N) is 1. The second-order valence-electron chi connectivity index (χ2n) is 4.97. The molecule has 1 unspecified atom stereocenters. The molecule has 0 spiro atoms. The fourth-order valence-corrected chi connectivity index (χ4v) is 1.77. The van der Waals surface area contributed by atoms with Crippen molar-refractivity contribution in [2.45, 2.75) is 32.4 Å². The monoisotopic (exact) mass is 304 g/mol. The number of allylic oxidation sites excluding steroid dienone is 2. The van der Waals surface area contributed by atoms with Gasteiger partial charge in [0, 0.05) is 12.0 Å². The van der Waals surface area contributed by atoms with Gasteiger partial charge in [-0.25, -0.2) is 5.01 Å². The van der Waals surface area contributed by atoms with Crippen LogP contribution >= 0.6 is 11.6 Å². The van der Waals surface area contributed by atoms with E-state index in [0.717, 1.165) is 0 Å². The Morgan fingerprint density at radius 3 is 2.42 bits per heavy atom. The average molecular weight is 305 g/mol. The van der Waals surface area contributed by atoms with Gasteiger partial charge in [0.05, 0.1) is 17.9 Å². The molecule has 0 aromatic carbocycles. The first-order valence-electron chi connectivity index (χ1n) is 5.71. The number of carbonyl (C=O) groups is 1. The number of hydrogen-bond donors (Lipinski definition) is 1. The van der Waals surface area contributed by atoms with Gasteiger partial charge in [0.15, 0.2) is 0 Å². The predicted molar refractivity (Wildman–Crippen MR) is 81.7 cm³/mol. The molecular weight excluding hydrogens is 284 g/mol. The summed E-state index contributed by atoms with van der Waals surface area (Å²) in [5, 5.41) is 1.69. The summed E-state index contributed by atoms with van der Waals surface area (Å²) in [4.78, 5) is 14.2. The Morgan fingerprint density at radius 2 is 2.05 bits per heavy atom. The van der Waals surface area contributed by atoms with Crippen LogP contribution in [0, 0.1) is 0 Å². The zero-order valence-corrected chi connectivity index (χ0v) is 13.4. The summed E-state index contributed by atoms with van der Waals surface area (Å²) < 4.78 is 11.5. The lowest BCUT2D eigenvalue weighted by atomic mass is 10.2. The number of amides is 1. The molecule has 108 valence electrons. The second kappa shape index (κ2) is 7.75. The summed E-state index contributed by atoms with van der Waals surface area (Å²) in [6, 6.07) is 0. The molecule has 0 aliphatic rings. The van der Waals surface area contributed by atoms with Gasteiger partial charge in [-0.2, -0.15) is 0 Å². The summed E-state index contributed by atoms with van der Waals surface area (Å²) in [5.74, 6) is -0.248. The number of carbonyl (C=O) groups excluding carboxylic acids is 1. The molecule has 0 aliphatic carbocycles. The summed E-state index contributed by atoms with van der Waals surface area (Å²) in [6.07, 6.45) is 3.08. The van der Waals surface area contributed by atoms with E-state index in [0.29, 0.717) is 10.6 Å². The molecule has 0 saturated heterocycles. The zero-order valence-electron chi connectivity index (χ0n) is 11.8. The normalized spacial score (nSPS) is 13.9. The fraction of sp³-hybridized carbons (Fsp3) is 0.462. The van der Waals surface area contributed by atoms with E-state index in [-0.39, 0.29) is 12.5 Å². The van der Waals surface area contributed by atoms with Crippen LogP contribution in [0.5, 0.6) is 0 Å². The Bertz CT molecular complexity index is 389. The largest absolute Gasteiger partial charge is 0.596 e. The number of rotatable bonds is 6. The predicted octanol–water partition coefficient (Wildman–Crippen LogP) is 2.67. The number of hydrogen-bond acceptors (Lipinski definition) is 3. The average Bonchev–Trinajstić information content (AvgIpc) is 2.26. The Morgan fingerprint density at radius 1 is 1.53 bits per heavy atom. The van der Waals surface area contributed by atoms with Gasteiger partial charge in [-0.3, -0.25) is 4.79 Å². The van der Waals surface area contributed by atoms with Crippen LogP contribution in [-0.2, 0) is 16.2 Å². The van der Waals surface area contributed by atoms with Crippen molar-refractivity contribution in [1.29, 1.82) is 0 Å². The van der Waals surface area contributed by atoms with Gasteiger partial charge in [0.1, 0.15) is 4.75 Å². The van der Waals surface area contributed by atoms with Crippen LogP contribution in [0.1, 0.15) is 27.7 Å². The molecule has 0 fully saturated rings. The molecular formula is C13H21ClN2O2S. The van der Waals surface area contributed by atoms with Crippen molar-refractivity contribution in [2.24, 2.45) is 0 Å². The number of halogens is 1. The van der Waals surface area contributed by atoms with E-state index in [9.17, 15) is 9.35 Å². The lowest BCUT2D eigenvalue weighted by Crippen LogP contribution is -2.51. The molecule has 0 saturated carbocycles. The van der Waals surface area contributed by atoms with Crippen LogP contribution in [0.4, 0.5) is 0 Å². The second-order valence-corrected chi connectivity index (χ2v) is 7.35. The van der Waals surface area contributed by atoms with Crippen molar-refractivity contribution in [3.8, 4) is 0 Å². The minimum absolute atomic E-state index is 0.196. The third-order valence-electron chi connectivity index (χ3n) is 2.03. The van der Waals surface area contributed by atoms with Gasteiger partial charge in [-0.1, -0.05) is 30.8 Å². The van der Waals surface area contributed by atoms with Crippen molar-refractivity contribution >= 4 is 28.9 Å². The van der Waals surface area contributed by atoms with Crippen LogP contribution in [-0.4, -0.2) is 26.8 Å². The Balaban J connectivity index is 4.73. The lowest BCUT2D eigenvalue weighted by molar-refractivity contribution is -0.129. The summed E-state index contributed by atoms with van der Waals surface area (Å²) in [7, 11) is 0. The van der Waals surface area contributed by atoms with Crippen LogP contribution in [0.15, 0.2) is 35.9 Å². The first-order chi connectivity index (χ1) is 8.57. The summed E-state index contributed by atoms with van der Waals surface area (Å²) >= 11 is 4.42. The first-order valence-corrected chi connectivity index (χ1v) is 7.24. The van der Waals surface area contributed by atoms with E-state index in [4.69, 9.17) is 11.6 Å². The Kier molecular flexibility index (Phi) is 7.44. The van der Waals surface area contributed by atoms with Gasteiger partial charge >= 0.3 is 0 Å². The molecule has 0 aromatic heterocycles. The van der Waals surface area contributed by atoms with Crippen molar-refractivity contribution in [3.63, 3.8) is 0 Å². The standard InChI is InChI=1S/C13H21ClN2O2S/c1-7-12(14)8-10(2)9-16(11(3)17)15-19(18)13(4,5)6/h7-8,15H,1-2,9H2,3-6H3/b12-8+. The van der Waals surface area contributed by atoms with Crippen molar-refractivity contribution in [2.75, 3.05) is 6.54 Å². The highest BCUT2D eigenvalue weighted by molar-refractivity contribution is 7.90. The lowest BCUT2D eigenvalue weighted by Gasteiger charge is -2.29. The molecule has 0 aliphatic heterocycles. The Hall–Kier alpha value is -0.750. The Labute approximate surface area is 123 Å². The number of nitrogens with zero attached hydrogens (tertiary/aromatic N) is 1. The molecule has 1 N–H and O–H groups in total. The third-order valence-corrected chi connectivity index (χ3v) is 3.79. The molecule has 0 aromatic rings. The zero-order chi connectivity index (χ0) is 15.2. The van der Waals surface area contributed by atoms with Gasteiger partial charge in [0.2, 0.25) is 5.91 Å². The highest BCUT2D eigenvalue weighted by atomic mass is 35.5. The highest BCUT2D eigenvalue weighted by Crippen LogP contribution is 2.14. The van der Waals surface area contributed by atoms with E-state index in [2.05, 4.69) is 18.0 Å². The van der Waals surface area contributed by atoms with E-state index >= 15 is 0 Å². The molecule has 6 heteroatoms. The van der Waals surface area contributed by atoms with Crippen LogP contribution in [0.3, 0.4) is 0 Å². The van der Waals surface area contributed by atoms with E-state index in [1.54, 1.807) is 6.08 Å². The van der Waals surface area contributed by atoms with Crippen LogP contribution < -0.4 is 4.83 Å². The molecule has 0 bridgehead atoms. The number of hydrazine groups is 1. The molecule has 1 atom stereocenters. The quantitative estimate of drug-likeness (QED) is 0.466. The molecule has 0 radical (unpaired) electrons. The third kappa shape index (κ3) is 7.42. The summed E-state index contributed by atoms with van der Waals surface area (Å²) in [6.45, 7) is 14.4. The first kappa shape index (κ1) is 18.2. The minimum atomic E-state index is -1.38. The molecule has 1 amide bonds. The van der Waals surface area contributed by atoms with Crippen LogP contribution in [0.2, 0.25) is 0 Å². The van der Waals surface area contributed by atoms with Crippen molar-refractivity contribution in [3.05, 3.63) is 35.9 Å². The summed E-state index contributed by atoms with van der Waals surface area (Å²) in [5.41, 5.74) is 0.610.